The summed E-state index contributed by atoms with van der Waals surface area (Å²) in [5.74, 6) is 0.946. The summed E-state index contributed by atoms with van der Waals surface area (Å²) in [5, 5.41) is 4.60. The van der Waals surface area contributed by atoms with Gasteiger partial charge in [-0.2, -0.15) is 0 Å². The van der Waals surface area contributed by atoms with Gasteiger partial charge in [-0.15, -0.1) is 0 Å². The summed E-state index contributed by atoms with van der Waals surface area (Å²) < 4.78 is 13.0. The number of amidine groups is 1. The average Bonchev–Trinajstić information content (AvgIpc) is 2.98. The number of aliphatic imine (C=N–C) groups is 1. The van der Waals surface area contributed by atoms with E-state index in [4.69, 9.17) is 0 Å². The maximum Gasteiger partial charge on any atom is 0.157 e. The van der Waals surface area contributed by atoms with Gasteiger partial charge in [0.05, 0.1) is 6.54 Å². The van der Waals surface area contributed by atoms with E-state index in [1.165, 1.54) is 31.7 Å². The molecule has 0 bridgehead atoms. The summed E-state index contributed by atoms with van der Waals surface area (Å²) in [6.07, 6.45) is 5.17. The fourth-order valence-corrected chi connectivity index (χ4v) is 3.93. The Morgan fingerprint density at radius 1 is 1.33 bits per heavy atom. The molecule has 1 heterocycles. The SMILES string of the molecule is Fc1cccc(CN=C2NC3(CCCC3)CS2)c1. The minimum Gasteiger partial charge on any atom is -0.359 e. The van der Waals surface area contributed by atoms with Crippen molar-refractivity contribution in [1.82, 2.24) is 5.32 Å². The number of nitrogens with one attached hydrogen (secondary N) is 1. The van der Waals surface area contributed by atoms with Crippen LogP contribution in [0.3, 0.4) is 0 Å². The number of hydrogen-bond donors (Lipinski definition) is 1. The molecule has 2 aliphatic rings. The van der Waals surface area contributed by atoms with E-state index in [0.29, 0.717) is 12.1 Å². The summed E-state index contributed by atoms with van der Waals surface area (Å²) in [7, 11) is 0. The number of rotatable bonds is 2. The highest BCUT2D eigenvalue weighted by Gasteiger charge is 2.39. The number of halogens is 1. The molecule has 1 aromatic rings. The van der Waals surface area contributed by atoms with Crippen LogP contribution in [0.25, 0.3) is 0 Å². The van der Waals surface area contributed by atoms with E-state index >= 15 is 0 Å². The molecule has 0 atom stereocenters. The molecule has 96 valence electrons. The molecule has 0 aromatic heterocycles. The van der Waals surface area contributed by atoms with Crippen LogP contribution in [0.2, 0.25) is 0 Å². The van der Waals surface area contributed by atoms with Gasteiger partial charge in [-0.1, -0.05) is 36.7 Å². The molecule has 0 unspecified atom stereocenters. The van der Waals surface area contributed by atoms with Gasteiger partial charge in [-0.25, -0.2) is 4.39 Å². The highest BCUT2D eigenvalue weighted by atomic mass is 32.2. The Kier molecular flexibility index (Phi) is 3.29. The molecule has 1 aliphatic carbocycles. The predicted molar refractivity (Wildman–Crippen MR) is 74.3 cm³/mol. The molecule has 0 radical (unpaired) electrons. The second-order valence-electron chi connectivity index (χ2n) is 5.15. The molecular weight excluding hydrogens is 247 g/mol. The summed E-state index contributed by atoms with van der Waals surface area (Å²) in [5.41, 5.74) is 1.24. The van der Waals surface area contributed by atoms with Crippen LogP contribution >= 0.6 is 11.8 Å². The van der Waals surface area contributed by atoms with Crippen LogP contribution in [-0.4, -0.2) is 16.5 Å². The van der Waals surface area contributed by atoms with E-state index in [2.05, 4.69) is 10.3 Å². The number of nitrogens with zero attached hydrogens (tertiary/aromatic N) is 1. The first-order valence-corrected chi connectivity index (χ1v) is 7.44. The molecule has 1 saturated carbocycles. The summed E-state index contributed by atoms with van der Waals surface area (Å²) >= 11 is 1.81. The Hall–Kier alpha value is -1.03. The molecule has 2 fully saturated rings. The Labute approximate surface area is 111 Å². The van der Waals surface area contributed by atoms with Crippen molar-refractivity contribution in [2.24, 2.45) is 4.99 Å². The summed E-state index contributed by atoms with van der Waals surface area (Å²) in [4.78, 5) is 4.56. The van der Waals surface area contributed by atoms with Crippen LogP contribution in [0.5, 0.6) is 0 Å². The van der Waals surface area contributed by atoms with Gasteiger partial charge in [0.2, 0.25) is 0 Å². The van der Waals surface area contributed by atoms with Gasteiger partial charge < -0.3 is 5.32 Å². The highest BCUT2D eigenvalue weighted by Crippen LogP contribution is 2.37. The normalized spacial score (nSPS) is 23.7. The zero-order valence-corrected chi connectivity index (χ0v) is 11.1. The standard InChI is InChI=1S/C14H17FN2S/c15-12-5-3-4-11(8-12)9-16-13-17-14(10-18-13)6-1-2-7-14/h3-5,8H,1-2,6-7,9-10H2,(H,16,17). The van der Waals surface area contributed by atoms with Gasteiger partial charge in [-0.05, 0) is 30.5 Å². The van der Waals surface area contributed by atoms with Crippen molar-refractivity contribution in [3.63, 3.8) is 0 Å². The molecule has 4 heteroatoms. The van der Waals surface area contributed by atoms with Crippen molar-refractivity contribution in [2.75, 3.05) is 5.75 Å². The first-order chi connectivity index (χ1) is 8.76. The zero-order valence-electron chi connectivity index (χ0n) is 10.3. The number of benzene rings is 1. The van der Waals surface area contributed by atoms with Gasteiger partial charge in [0.1, 0.15) is 5.82 Å². The fourth-order valence-electron chi connectivity index (χ4n) is 2.71. The molecule has 1 saturated heterocycles. The third-order valence-electron chi connectivity index (χ3n) is 3.71. The first kappa shape index (κ1) is 12.0. The summed E-state index contributed by atoms with van der Waals surface area (Å²) in [6.45, 7) is 0.559. The average molecular weight is 264 g/mol. The second-order valence-corrected chi connectivity index (χ2v) is 6.12. The van der Waals surface area contributed by atoms with E-state index in [-0.39, 0.29) is 5.82 Å². The number of thioether (sulfide) groups is 1. The second kappa shape index (κ2) is 4.92. The predicted octanol–water partition coefficient (Wildman–Crippen LogP) is 3.33. The topological polar surface area (TPSA) is 24.4 Å². The quantitative estimate of drug-likeness (QED) is 0.886. The first-order valence-electron chi connectivity index (χ1n) is 6.46. The van der Waals surface area contributed by atoms with E-state index in [0.717, 1.165) is 16.5 Å². The van der Waals surface area contributed by atoms with Gasteiger partial charge in [0.25, 0.3) is 0 Å². The van der Waals surface area contributed by atoms with E-state index in [1.54, 1.807) is 12.1 Å². The van der Waals surface area contributed by atoms with Crippen LogP contribution in [-0.2, 0) is 6.54 Å². The molecule has 1 spiro atoms. The van der Waals surface area contributed by atoms with Crippen molar-refractivity contribution >= 4 is 16.9 Å². The van der Waals surface area contributed by atoms with Crippen LogP contribution in [0.1, 0.15) is 31.2 Å². The molecule has 3 rings (SSSR count). The smallest absolute Gasteiger partial charge is 0.157 e. The highest BCUT2D eigenvalue weighted by molar-refractivity contribution is 8.14. The molecule has 1 N–H and O–H groups in total. The van der Waals surface area contributed by atoms with Crippen LogP contribution < -0.4 is 5.32 Å². The lowest BCUT2D eigenvalue weighted by molar-refractivity contribution is 0.452. The lowest BCUT2D eigenvalue weighted by atomic mass is 10.0. The van der Waals surface area contributed by atoms with Crippen molar-refractivity contribution in [1.29, 1.82) is 0 Å². The van der Waals surface area contributed by atoms with E-state index in [9.17, 15) is 4.39 Å². The van der Waals surface area contributed by atoms with Gasteiger partial charge in [-0.3, -0.25) is 4.99 Å². The van der Waals surface area contributed by atoms with E-state index < -0.39 is 0 Å². The molecular formula is C14H17FN2S. The van der Waals surface area contributed by atoms with Crippen molar-refractivity contribution in [3.05, 3.63) is 35.6 Å². The fraction of sp³-hybridized carbons (Fsp3) is 0.500. The van der Waals surface area contributed by atoms with Crippen LogP contribution in [0.4, 0.5) is 4.39 Å². The molecule has 1 aromatic carbocycles. The van der Waals surface area contributed by atoms with Crippen molar-refractivity contribution in [3.8, 4) is 0 Å². The monoisotopic (exact) mass is 264 g/mol. The Morgan fingerprint density at radius 3 is 2.94 bits per heavy atom. The third kappa shape index (κ3) is 2.53. The van der Waals surface area contributed by atoms with Gasteiger partial charge >= 0.3 is 0 Å². The lowest BCUT2D eigenvalue weighted by Crippen LogP contribution is -2.40. The largest absolute Gasteiger partial charge is 0.359 e. The molecule has 18 heavy (non-hydrogen) atoms. The Bertz CT molecular complexity index is 467. The maximum absolute atomic E-state index is 13.0. The van der Waals surface area contributed by atoms with Gasteiger partial charge in [0, 0.05) is 11.3 Å². The Morgan fingerprint density at radius 2 is 2.17 bits per heavy atom. The maximum atomic E-state index is 13.0. The minimum atomic E-state index is -0.188. The lowest BCUT2D eigenvalue weighted by Gasteiger charge is -2.21. The third-order valence-corrected chi connectivity index (χ3v) is 4.91. The van der Waals surface area contributed by atoms with Crippen LogP contribution in [0, 0.1) is 5.82 Å². The minimum absolute atomic E-state index is 0.188. The van der Waals surface area contributed by atoms with Gasteiger partial charge in [0.15, 0.2) is 5.17 Å². The Balaban J connectivity index is 1.64. The zero-order chi connectivity index (χ0) is 12.4. The van der Waals surface area contributed by atoms with Crippen LogP contribution in [0.15, 0.2) is 29.3 Å². The molecule has 2 nitrogen and oxygen atoms in total. The van der Waals surface area contributed by atoms with E-state index in [1.807, 2.05) is 17.8 Å². The molecule has 1 aliphatic heterocycles. The molecule has 0 amide bonds. The number of hydrogen-bond acceptors (Lipinski definition) is 2. The van der Waals surface area contributed by atoms with Crippen molar-refractivity contribution < 1.29 is 4.39 Å². The summed E-state index contributed by atoms with van der Waals surface area (Å²) in [6, 6.07) is 6.67. The van der Waals surface area contributed by atoms with Crippen molar-refractivity contribution in [2.45, 2.75) is 37.8 Å².